The number of aromatic carboxylic acids is 1. The van der Waals surface area contributed by atoms with Gasteiger partial charge < -0.3 is 10.0 Å². The zero-order chi connectivity index (χ0) is 14.0. The van der Waals surface area contributed by atoms with Crippen molar-refractivity contribution < 1.29 is 18.7 Å². The minimum Gasteiger partial charge on any atom is -0.478 e. The van der Waals surface area contributed by atoms with Crippen LogP contribution in [0.2, 0.25) is 0 Å². The van der Waals surface area contributed by atoms with E-state index >= 15 is 0 Å². The van der Waals surface area contributed by atoms with Crippen LogP contribution in [0.4, 0.5) is 14.6 Å². The number of nitrogens with zero attached hydrogens (tertiary/aromatic N) is 2. The van der Waals surface area contributed by atoms with Gasteiger partial charge >= 0.3 is 5.97 Å². The van der Waals surface area contributed by atoms with Crippen LogP contribution in [0.25, 0.3) is 0 Å². The average molecular weight is 335 g/mol. The highest BCUT2D eigenvalue weighted by molar-refractivity contribution is 9.10. The second kappa shape index (κ2) is 5.81. The fourth-order valence-corrected chi connectivity index (χ4v) is 2.64. The van der Waals surface area contributed by atoms with Crippen LogP contribution in [-0.4, -0.2) is 35.6 Å². The Balaban J connectivity index is 2.17. The second-order valence-electron chi connectivity index (χ2n) is 4.56. The van der Waals surface area contributed by atoms with Crippen LogP contribution >= 0.6 is 15.9 Å². The molecule has 1 aliphatic heterocycles. The molecular formula is C12H13BrF2N2O2. The third kappa shape index (κ3) is 3.40. The molecule has 0 aromatic carbocycles. The number of hydrogen-bond donors (Lipinski definition) is 1. The van der Waals surface area contributed by atoms with E-state index in [9.17, 15) is 13.6 Å². The molecule has 1 aromatic rings. The number of alkyl halides is 2. The van der Waals surface area contributed by atoms with Crippen molar-refractivity contribution in [2.75, 3.05) is 18.0 Å². The minimum absolute atomic E-state index is 0.0899. The highest BCUT2D eigenvalue weighted by Crippen LogP contribution is 2.29. The van der Waals surface area contributed by atoms with Gasteiger partial charge in [0.2, 0.25) is 6.43 Å². The highest BCUT2D eigenvalue weighted by Gasteiger charge is 2.28. The first-order valence-electron chi connectivity index (χ1n) is 5.89. The quantitative estimate of drug-likeness (QED) is 0.919. The number of carboxylic acids is 1. The standard InChI is InChI=1S/C12H13BrF2N2O2/c13-8-4-9(12(18)19)11(16-5-8)17-2-1-7(6-17)3-10(14)15/h4-5,7,10H,1-3,6H2,(H,18,19). The monoisotopic (exact) mass is 334 g/mol. The van der Waals surface area contributed by atoms with Crippen molar-refractivity contribution in [3.8, 4) is 0 Å². The SMILES string of the molecule is O=C(O)c1cc(Br)cnc1N1CCC(CC(F)F)C1. The number of anilines is 1. The number of halogens is 3. The Hall–Kier alpha value is -1.24. The van der Waals surface area contributed by atoms with E-state index in [-0.39, 0.29) is 17.9 Å². The van der Waals surface area contributed by atoms with Gasteiger partial charge in [0, 0.05) is 30.2 Å². The Kier molecular flexibility index (Phi) is 4.34. The number of pyridine rings is 1. The smallest absolute Gasteiger partial charge is 0.339 e. The lowest BCUT2D eigenvalue weighted by Gasteiger charge is -2.19. The molecule has 7 heteroatoms. The van der Waals surface area contributed by atoms with Crippen LogP contribution in [0.1, 0.15) is 23.2 Å². The Bertz CT molecular complexity index is 485. The molecular weight excluding hydrogens is 322 g/mol. The van der Waals surface area contributed by atoms with Gasteiger partial charge in [0.25, 0.3) is 0 Å². The van der Waals surface area contributed by atoms with E-state index in [1.807, 2.05) is 0 Å². The van der Waals surface area contributed by atoms with Gasteiger partial charge in [-0.15, -0.1) is 0 Å². The molecule has 1 aliphatic rings. The number of hydrogen-bond acceptors (Lipinski definition) is 3. The molecule has 0 amide bonds. The number of rotatable bonds is 4. The Labute approximate surface area is 117 Å². The normalized spacial score (nSPS) is 19.2. The molecule has 0 saturated carbocycles. The summed E-state index contributed by atoms with van der Waals surface area (Å²) in [7, 11) is 0. The summed E-state index contributed by atoms with van der Waals surface area (Å²) in [6, 6.07) is 1.48. The Morgan fingerprint density at radius 2 is 2.37 bits per heavy atom. The first-order chi connectivity index (χ1) is 8.97. The minimum atomic E-state index is -2.32. The van der Waals surface area contributed by atoms with Gasteiger partial charge in [0.15, 0.2) is 0 Å². The second-order valence-corrected chi connectivity index (χ2v) is 5.47. The predicted molar refractivity (Wildman–Crippen MR) is 69.8 cm³/mol. The summed E-state index contributed by atoms with van der Waals surface area (Å²) in [6.07, 6.45) is -0.305. The van der Waals surface area contributed by atoms with E-state index in [0.717, 1.165) is 0 Å². The average Bonchev–Trinajstić information content (AvgIpc) is 2.76. The largest absolute Gasteiger partial charge is 0.478 e. The highest BCUT2D eigenvalue weighted by atomic mass is 79.9. The van der Waals surface area contributed by atoms with Crippen LogP contribution in [0.5, 0.6) is 0 Å². The third-order valence-electron chi connectivity index (χ3n) is 3.16. The molecule has 1 aromatic heterocycles. The van der Waals surface area contributed by atoms with Crippen molar-refractivity contribution in [1.82, 2.24) is 4.98 Å². The Morgan fingerprint density at radius 3 is 3.00 bits per heavy atom. The lowest BCUT2D eigenvalue weighted by atomic mass is 10.1. The van der Waals surface area contributed by atoms with Crippen molar-refractivity contribution in [2.24, 2.45) is 5.92 Å². The van der Waals surface area contributed by atoms with Crippen molar-refractivity contribution in [1.29, 1.82) is 0 Å². The van der Waals surface area contributed by atoms with Gasteiger partial charge in [-0.05, 0) is 34.3 Å². The maximum absolute atomic E-state index is 12.3. The van der Waals surface area contributed by atoms with E-state index in [4.69, 9.17) is 5.11 Å². The van der Waals surface area contributed by atoms with Crippen molar-refractivity contribution in [2.45, 2.75) is 19.3 Å². The van der Waals surface area contributed by atoms with E-state index in [1.165, 1.54) is 12.3 Å². The summed E-state index contributed by atoms with van der Waals surface area (Å²) in [5.74, 6) is -0.819. The summed E-state index contributed by atoms with van der Waals surface area (Å²) in [5, 5.41) is 9.15. The molecule has 0 radical (unpaired) electrons. The maximum atomic E-state index is 12.3. The topological polar surface area (TPSA) is 53.4 Å². The van der Waals surface area contributed by atoms with Crippen LogP contribution in [0, 0.1) is 5.92 Å². The van der Waals surface area contributed by atoms with Crippen LogP contribution in [0.15, 0.2) is 16.7 Å². The molecule has 2 rings (SSSR count). The fourth-order valence-electron chi connectivity index (χ4n) is 2.31. The number of aromatic nitrogens is 1. The number of carbonyl (C=O) groups is 1. The lowest BCUT2D eigenvalue weighted by molar-refractivity contribution is 0.0697. The first-order valence-corrected chi connectivity index (χ1v) is 6.68. The summed E-state index contributed by atoms with van der Waals surface area (Å²) >= 11 is 3.17. The van der Waals surface area contributed by atoms with E-state index in [2.05, 4.69) is 20.9 Å². The van der Waals surface area contributed by atoms with E-state index < -0.39 is 12.4 Å². The molecule has 1 atom stereocenters. The third-order valence-corrected chi connectivity index (χ3v) is 3.59. The van der Waals surface area contributed by atoms with Crippen LogP contribution in [-0.2, 0) is 0 Å². The molecule has 1 N–H and O–H groups in total. The van der Waals surface area contributed by atoms with Crippen molar-refractivity contribution >= 4 is 27.7 Å². The molecule has 104 valence electrons. The molecule has 19 heavy (non-hydrogen) atoms. The van der Waals surface area contributed by atoms with Gasteiger partial charge in [-0.1, -0.05) is 0 Å². The molecule has 0 aliphatic carbocycles. The van der Waals surface area contributed by atoms with Gasteiger partial charge in [0.05, 0.1) is 0 Å². The molecule has 1 fully saturated rings. The lowest BCUT2D eigenvalue weighted by Crippen LogP contribution is -2.24. The zero-order valence-corrected chi connectivity index (χ0v) is 11.6. The van der Waals surface area contributed by atoms with E-state index in [1.54, 1.807) is 4.90 Å². The van der Waals surface area contributed by atoms with Gasteiger partial charge in [-0.25, -0.2) is 18.6 Å². The van der Waals surface area contributed by atoms with Crippen LogP contribution in [0.3, 0.4) is 0 Å². The van der Waals surface area contributed by atoms with Crippen molar-refractivity contribution in [3.05, 3.63) is 22.3 Å². The van der Waals surface area contributed by atoms with Crippen molar-refractivity contribution in [3.63, 3.8) is 0 Å². The first kappa shape index (κ1) is 14.2. The molecule has 1 unspecified atom stereocenters. The fraction of sp³-hybridized carbons (Fsp3) is 0.500. The molecule has 2 heterocycles. The predicted octanol–water partition coefficient (Wildman–Crippen LogP) is 3.02. The summed E-state index contributed by atoms with van der Waals surface area (Å²) in [4.78, 5) is 17.1. The molecule has 4 nitrogen and oxygen atoms in total. The van der Waals surface area contributed by atoms with Gasteiger partial charge in [-0.3, -0.25) is 0 Å². The maximum Gasteiger partial charge on any atom is 0.339 e. The van der Waals surface area contributed by atoms with Gasteiger partial charge in [-0.2, -0.15) is 0 Å². The van der Waals surface area contributed by atoms with Crippen LogP contribution < -0.4 is 4.90 Å². The molecule has 1 saturated heterocycles. The summed E-state index contributed by atoms with van der Waals surface area (Å²) < 4.78 is 25.3. The molecule has 0 bridgehead atoms. The summed E-state index contributed by atoms with van der Waals surface area (Å²) in [6.45, 7) is 0.992. The number of carboxylic acid groups (broad SMARTS) is 1. The Morgan fingerprint density at radius 1 is 1.63 bits per heavy atom. The zero-order valence-electron chi connectivity index (χ0n) is 10.0. The van der Waals surface area contributed by atoms with Gasteiger partial charge in [0.1, 0.15) is 11.4 Å². The summed E-state index contributed by atoms with van der Waals surface area (Å²) in [5.41, 5.74) is 0.0899. The van der Waals surface area contributed by atoms with E-state index in [0.29, 0.717) is 29.8 Å². The molecule has 0 spiro atoms.